The molecule has 0 aromatic carbocycles. The van der Waals surface area contributed by atoms with Gasteiger partial charge in [0.2, 0.25) is 0 Å². The quantitative estimate of drug-likeness (QED) is 0.822. The van der Waals surface area contributed by atoms with Crippen molar-refractivity contribution in [3.05, 3.63) is 32.1 Å². The van der Waals surface area contributed by atoms with Gasteiger partial charge >= 0.3 is 0 Å². The zero-order valence-electron chi connectivity index (χ0n) is 10.4. The second kappa shape index (κ2) is 5.09. The molecule has 2 heterocycles. The van der Waals surface area contributed by atoms with Gasteiger partial charge in [-0.25, -0.2) is 4.98 Å². The van der Waals surface area contributed by atoms with Crippen LogP contribution in [0.5, 0.6) is 0 Å². The van der Waals surface area contributed by atoms with Crippen molar-refractivity contribution in [3.8, 4) is 0 Å². The van der Waals surface area contributed by atoms with Gasteiger partial charge < -0.3 is 10.3 Å². The summed E-state index contributed by atoms with van der Waals surface area (Å²) in [6.07, 6.45) is 3.27. The lowest BCUT2D eigenvalue weighted by Gasteiger charge is -2.08. The first kappa shape index (κ1) is 13.1. The van der Waals surface area contributed by atoms with Crippen LogP contribution in [0.2, 0.25) is 0 Å². The van der Waals surface area contributed by atoms with Crippen molar-refractivity contribution < 1.29 is 0 Å². The topological polar surface area (TPSA) is 75.6 Å². The molecule has 0 aliphatic carbocycles. The van der Waals surface area contributed by atoms with Gasteiger partial charge in [-0.05, 0) is 28.5 Å². The Morgan fingerprint density at radius 3 is 2.89 bits per heavy atom. The first-order valence-corrected chi connectivity index (χ1v) is 6.60. The summed E-state index contributed by atoms with van der Waals surface area (Å²) < 4.78 is 2.28. The van der Waals surface area contributed by atoms with E-state index in [0.29, 0.717) is 15.3 Å². The lowest BCUT2D eigenvalue weighted by Crippen LogP contribution is -2.13. The second-order valence-electron chi connectivity index (χ2n) is 4.28. The van der Waals surface area contributed by atoms with Crippen LogP contribution in [-0.4, -0.2) is 19.7 Å². The summed E-state index contributed by atoms with van der Waals surface area (Å²) in [6, 6.07) is 0. The minimum Gasteiger partial charge on any atom is -0.336 e. The summed E-state index contributed by atoms with van der Waals surface area (Å²) in [5.41, 5.74) is 1.68. The zero-order valence-corrected chi connectivity index (χ0v) is 12.5. The molecule has 0 aliphatic heterocycles. The van der Waals surface area contributed by atoms with Crippen LogP contribution in [0.3, 0.4) is 0 Å². The van der Waals surface area contributed by atoms with Gasteiger partial charge in [0.05, 0.1) is 17.7 Å². The number of nitrogens with one attached hydrogen (secondary N) is 2. The van der Waals surface area contributed by atoms with Gasteiger partial charge in [-0.3, -0.25) is 9.48 Å². The molecule has 2 aromatic heterocycles. The maximum atomic E-state index is 11.5. The zero-order chi connectivity index (χ0) is 13.3. The molecule has 6 nitrogen and oxygen atoms in total. The van der Waals surface area contributed by atoms with E-state index < -0.39 is 0 Å². The summed E-state index contributed by atoms with van der Waals surface area (Å²) in [6.45, 7) is 4.15. The van der Waals surface area contributed by atoms with Crippen LogP contribution in [0.1, 0.15) is 25.5 Å². The molecular weight excluding hydrogens is 345 g/mol. The molecule has 0 radical (unpaired) electrons. The molecule has 2 N–H and O–H groups in total. The predicted octanol–water partition coefficient (Wildman–Crippen LogP) is 1.97. The Balaban J connectivity index is 2.40. The third kappa shape index (κ3) is 2.55. The van der Waals surface area contributed by atoms with Crippen molar-refractivity contribution in [1.29, 1.82) is 0 Å². The van der Waals surface area contributed by atoms with Crippen LogP contribution in [0, 0.1) is 3.57 Å². The largest absolute Gasteiger partial charge is 0.336 e. The minimum absolute atomic E-state index is 0.150. The number of hydrogen-bond acceptors (Lipinski definition) is 4. The monoisotopic (exact) mass is 359 g/mol. The van der Waals surface area contributed by atoms with Crippen LogP contribution in [-0.2, 0) is 7.05 Å². The van der Waals surface area contributed by atoms with Gasteiger partial charge in [0, 0.05) is 13.2 Å². The average Bonchev–Trinajstić information content (AvgIpc) is 2.66. The molecule has 2 rings (SSSR count). The summed E-state index contributed by atoms with van der Waals surface area (Å²) in [7, 11) is 1.87. The van der Waals surface area contributed by atoms with E-state index >= 15 is 0 Å². The summed E-state index contributed by atoms with van der Waals surface area (Å²) >= 11 is 1.97. The Labute approximate surface area is 118 Å². The SMILES string of the molecule is CC(C)c1nn(C)cc1Nc1nc[nH]c(=O)c1I. The number of anilines is 2. The number of H-pyrrole nitrogens is 1. The lowest BCUT2D eigenvalue weighted by atomic mass is 10.1. The van der Waals surface area contributed by atoms with Gasteiger partial charge in [-0.15, -0.1) is 0 Å². The normalized spacial score (nSPS) is 10.9. The van der Waals surface area contributed by atoms with E-state index in [2.05, 4.69) is 34.2 Å². The molecule has 0 fully saturated rings. The summed E-state index contributed by atoms with van der Waals surface area (Å²) in [5.74, 6) is 0.850. The molecule has 7 heteroatoms. The number of aryl methyl sites for hydroxylation is 1. The molecule has 0 saturated carbocycles. The fourth-order valence-electron chi connectivity index (χ4n) is 1.63. The number of rotatable bonds is 3. The molecule has 18 heavy (non-hydrogen) atoms. The maximum Gasteiger partial charge on any atom is 0.266 e. The van der Waals surface area contributed by atoms with Gasteiger partial charge in [-0.2, -0.15) is 5.10 Å². The van der Waals surface area contributed by atoms with Crippen LogP contribution >= 0.6 is 22.6 Å². The van der Waals surface area contributed by atoms with Crippen LogP contribution in [0.25, 0.3) is 0 Å². The molecule has 0 unspecified atom stereocenters. The fraction of sp³-hybridized carbons (Fsp3) is 0.364. The van der Waals surface area contributed by atoms with Gasteiger partial charge in [0.25, 0.3) is 5.56 Å². The highest BCUT2D eigenvalue weighted by Crippen LogP contribution is 2.25. The molecule has 0 aliphatic rings. The van der Waals surface area contributed by atoms with Crippen LogP contribution in [0.4, 0.5) is 11.5 Å². The van der Waals surface area contributed by atoms with E-state index in [-0.39, 0.29) is 5.56 Å². The van der Waals surface area contributed by atoms with Crippen molar-refractivity contribution in [1.82, 2.24) is 19.7 Å². The standard InChI is InChI=1S/C11H14IN5O/c1-6(2)9-7(4-17(3)16-9)15-10-8(12)11(18)14-5-13-10/h4-6H,1-3H3,(H2,13,14,15,18). The van der Waals surface area contributed by atoms with Crippen LogP contribution in [0.15, 0.2) is 17.3 Å². The maximum absolute atomic E-state index is 11.5. The highest BCUT2D eigenvalue weighted by atomic mass is 127. The first-order valence-electron chi connectivity index (χ1n) is 5.52. The van der Waals surface area contributed by atoms with E-state index in [1.165, 1.54) is 6.33 Å². The highest BCUT2D eigenvalue weighted by molar-refractivity contribution is 14.1. The Hall–Kier alpha value is -1.38. The number of aromatic amines is 1. The number of hydrogen-bond donors (Lipinski definition) is 2. The van der Waals surface area contributed by atoms with E-state index in [0.717, 1.165) is 11.4 Å². The van der Waals surface area contributed by atoms with E-state index in [1.54, 1.807) is 4.68 Å². The van der Waals surface area contributed by atoms with Gasteiger partial charge in [0.1, 0.15) is 3.57 Å². The third-order valence-electron chi connectivity index (χ3n) is 2.45. The lowest BCUT2D eigenvalue weighted by molar-refractivity contribution is 0.713. The first-order chi connectivity index (χ1) is 8.49. The van der Waals surface area contributed by atoms with Gasteiger partial charge in [0.15, 0.2) is 5.82 Å². The third-order valence-corrected chi connectivity index (χ3v) is 3.45. The molecule has 0 spiro atoms. The van der Waals surface area contributed by atoms with Crippen molar-refractivity contribution in [2.45, 2.75) is 19.8 Å². The molecule has 96 valence electrons. The Kier molecular flexibility index (Phi) is 3.69. The molecule has 0 atom stereocenters. The summed E-state index contributed by atoms with van der Waals surface area (Å²) in [5, 5.41) is 7.56. The number of halogens is 1. The second-order valence-corrected chi connectivity index (χ2v) is 5.35. The Morgan fingerprint density at radius 1 is 1.50 bits per heavy atom. The molecule has 0 amide bonds. The number of nitrogens with zero attached hydrogens (tertiary/aromatic N) is 3. The molecule has 0 bridgehead atoms. The number of aromatic nitrogens is 4. The van der Waals surface area contributed by atoms with Crippen LogP contribution < -0.4 is 10.9 Å². The van der Waals surface area contributed by atoms with Gasteiger partial charge in [-0.1, -0.05) is 13.8 Å². The minimum atomic E-state index is -0.150. The molecule has 0 saturated heterocycles. The fourth-order valence-corrected chi connectivity index (χ4v) is 2.06. The Bertz CT molecular complexity index is 616. The van der Waals surface area contributed by atoms with E-state index in [1.807, 2.05) is 35.8 Å². The molecular formula is C11H14IN5O. The van der Waals surface area contributed by atoms with E-state index in [4.69, 9.17) is 0 Å². The Morgan fingerprint density at radius 2 is 2.22 bits per heavy atom. The highest BCUT2D eigenvalue weighted by Gasteiger charge is 2.13. The predicted molar refractivity (Wildman–Crippen MR) is 78.2 cm³/mol. The summed E-state index contributed by atoms with van der Waals surface area (Å²) in [4.78, 5) is 18.2. The van der Waals surface area contributed by atoms with Crippen molar-refractivity contribution in [2.75, 3.05) is 5.32 Å². The average molecular weight is 359 g/mol. The van der Waals surface area contributed by atoms with E-state index in [9.17, 15) is 4.79 Å². The van der Waals surface area contributed by atoms with Crippen molar-refractivity contribution >= 4 is 34.1 Å². The molecule has 2 aromatic rings. The van der Waals surface area contributed by atoms with Crippen molar-refractivity contribution in [2.24, 2.45) is 7.05 Å². The smallest absolute Gasteiger partial charge is 0.266 e. The van der Waals surface area contributed by atoms with Crippen molar-refractivity contribution in [3.63, 3.8) is 0 Å².